The van der Waals surface area contributed by atoms with Gasteiger partial charge in [-0.15, -0.1) is 0 Å². The first-order chi connectivity index (χ1) is 8.70. The first kappa shape index (κ1) is 14.7. The molecule has 0 spiro atoms. The van der Waals surface area contributed by atoms with E-state index in [0.29, 0.717) is 5.82 Å². The predicted molar refractivity (Wildman–Crippen MR) is 74.6 cm³/mol. The van der Waals surface area contributed by atoms with Crippen molar-refractivity contribution in [3.63, 3.8) is 0 Å². The van der Waals surface area contributed by atoms with Crippen LogP contribution in [0.15, 0.2) is 6.33 Å². The van der Waals surface area contributed by atoms with E-state index in [4.69, 9.17) is 10.8 Å². The summed E-state index contributed by atoms with van der Waals surface area (Å²) in [5.41, 5.74) is 6.96. The molecule has 0 aliphatic heterocycles. The SMILES string of the molecule is CCCc1c(N)ncnc1N(C)CCCCCO. The third-order valence-corrected chi connectivity index (χ3v) is 2.97. The van der Waals surface area contributed by atoms with Crippen LogP contribution in [0.5, 0.6) is 0 Å². The summed E-state index contributed by atoms with van der Waals surface area (Å²) in [5, 5.41) is 8.75. The summed E-state index contributed by atoms with van der Waals surface area (Å²) in [7, 11) is 2.03. The van der Waals surface area contributed by atoms with Crippen molar-refractivity contribution < 1.29 is 5.11 Å². The van der Waals surface area contributed by atoms with Gasteiger partial charge in [0.05, 0.1) is 0 Å². The van der Waals surface area contributed by atoms with Crippen molar-refractivity contribution in [1.29, 1.82) is 0 Å². The van der Waals surface area contributed by atoms with Crippen LogP contribution < -0.4 is 10.6 Å². The van der Waals surface area contributed by atoms with Crippen LogP contribution in [-0.2, 0) is 6.42 Å². The van der Waals surface area contributed by atoms with E-state index >= 15 is 0 Å². The molecular formula is C13H24N4O. The molecule has 0 unspecified atom stereocenters. The van der Waals surface area contributed by atoms with Crippen LogP contribution in [0.4, 0.5) is 11.6 Å². The largest absolute Gasteiger partial charge is 0.396 e. The van der Waals surface area contributed by atoms with Crippen molar-refractivity contribution in [2.75, 3.05) is 30.8 Å². The van der Waals surface area contributed by atoms with Gasteiger partial charge in [0.2, 0.25) is 0 Å². The zero-order valence-electron chi connectivity index (χ0n) is 11.4. The number of anilines is 2. The summed E-state index contributed by atoms with van der Waals surface area (Å²) in [6.45, 7) is 3.32. The zero-order valence-corrected chi connectivity index (χ0v) is 11.4. The molecule has 1 aromatic heterocycles. The molecule has 0 amide bonds. The molecule has 0 bridgehead atoms. The Morgan fingerprint density at radius 3 is 2.72 bits per heavy atom. The summed E-state index contributed by atoms with van der Waals surface area (Å²) in [6, 6.07) is 0. The molecule has 102 valence electrons. The fourth-order valence-electron chi connectivity index (χ4n) is 1.98. The number of hydrogen-bond acceptors (Lipinski definition) is 5. The molecule has 0 saturated heterocycles. The minimum atomic E-state index is 0.269. The van der Waals surface area contributed by atoms with E-state index in [2.05, 4.69) is 21.8 Å². The van der Waals surface area contributed by atoms with Crippen LogP contribution in [0.3, 0.4) is 0 Å². The Kier molecular flexibility index (Phi) is 6.43. The molecule has 0 aromatic carbocycles. The van der Waals surface area contributed by atoms with Gasteiger partial charge in [-0.25, -0.2) is 9.97 Å². The van der Waals surface area contributed by atoms with Gasteiger partial charge in [-0.2, -0.15) is 0 Å². The van der Waals surface area contributed by atoms with E-state index in [-0.39, 0.29) is 6.61 Å². The van der Waals surface area contributed by atoms with Crippen molar-refractivity contribution in [1.82, 2.24) is 9.97 Å². The van der Waals surface area contributed by atoms with Gasteiger partial charge >= 0.3 is 0 Å². The Hall–Kier alpha value is -1.36. The maximum atomic E-state index is 8.75. The number of nitrogens with zero attached hydrogens (tertiary/aromatic N) is 3. The quantitative estimate of drug-likeness (QED) is 0.687. The summed E-state index contributed by atoms with van der Waals surface area (Å²) in [6.07, 6.45) is 6.40. The molecule has 3 N–H and O–H groups in total. The summed E-state index contributed by atoms with van der Waals surface area (Å²) < 4.78 is 0. The molecule has 0 fully saturated rings. The van der Waals surface area contributed by atoms with Crippen LogP contribution in [0.2, 0.25) is 0 Å². The first-order valence-electron chi connectivity index (χ1n) is 6.62. The Labute approximate surface area is 109 Å². The highest BCUT2D eigenvalue weighted by molar-refractivity contribution is 5.56. The van der Waals surface area contributed by atoms with Gasteiger partial charge in [-0.1, -0.05) is 13.3 Å². The van der Waals surface area contributed by atoms with Crippen LogP contribution in [0, 0.1) is 0 Å². The first-order valence-corrected chi connectivity index (χ1v) is 6.62. The molecular weight excluding hydrogens is 228 g/mol. The van der Waals surface area contributed by atoms with E-state index in [1.165, 1.54) is 6.33 Å². The van der Waals surface area contributed by atoms with Gasteiger partial charge in [0.1, 0.15) is 18.0 Å². The molecule has 1 heterocycles. The van der Waals surface area contributed by atoms with Gasteiger partial charge in [-0.3, -0.25) is 0 Å². The smallest absolute Gasteiger partial charge is 0.137 e. The van der Waals surface area contributed by atoms with Crippen molar-refractivity contribution in [2.45, 2.75) is 39.0 Å². The fraction of sp³-hybridized carbons (Fsp3) is 0.692. The Morgan fingerprint density at radius 2 is 2.06 bits per heavy atom. The van der Waals surface area contributed by atoms with Crippen molar-refractivity contribution in [3.05, 3.63) is 11.9 Å². The standard InChI is InChI=1S/C13H24N4O/c1-3-7-11-12(14)15-10-16-13(11)17(2)8-5-4-6-9-18/h10,18H,3-9H2,1-2H3,(H2,14,15,16). The topological polar surface area (TPSA) is 75.3 Å². The molecule has 18 heavy (non-hydrogen) atoms. The summed E-state index contributed by atoms with van der Waals surface area (Å²) in [5.74, 6) is 1.53. The lowest BCUT2D eigenvalue weighted by atomic mass is 10.1. The number of rotatable bonds is 8. The highest BCUT2D eigenvalue weighted by Crippen LogP contribution is 2.22. The van der Waals surface area contributed by atoms with Gasteiger partial charge in [0.15, 0.2) is 0 Å². The highest BCUT2D eigenvalue weighted by atomic mass is 16.2. The summed E-state index contributed by atoms with van der Waals surface area (Å²) >= 11 is 0. The van der Waals surface area contributed by atoms with E-state index in [1.54, 1.807) is 0 Å². The maximum Gasteiger partial charge on any atom is 0.137 e. The second-order valence-corrected chi connectivity index (χ2v) is 4.52. The van der Waals surface area contributed by atoms with Crippen LogP contribution in [0.1, 0.15) is 38.2 Å². The normalized spacial score (nSPS) is 10.6. The average Bonchev–Trinajstić information content (AvgIpc) is 2.37. The predicted octanol–water partition coefficient (Wildman–Crippen LogP) is 1.61. The molecule has 0 aliphatic rings. The van der Waals surface area contributed by atoms with E-state index in [0.717, 1.165) is 50.0 Å². The number of aromatic nitrogens is 2. The highest BCUT2D eigenvalue weighted by Gasteiger charge is 2.11. The zero-order chi connectivity index (χ0) is 13.4. The second-order valence-electron chi connectivity index (χ2n) is 4.52. The lowest BCUT2D eigenvalue weighted by Gasteiger charge is -2.21. The van der Waals surface area contributed by atoms with Gasteiger partial charge in [0, 0.05) is 25.8 Å². The van der Waals surface area contributed by atoms with Gasteiger partial charge in [0.25, 0.3) is 0 Å². The number of aliphatic hydroxyl groups excluding tert-OH is 1. The number of unbranched alkanes of at least 4 members (excludes halogenated alkanes) is 2. The van der Waals surface area contributed by atoms with E-state index in [9.17, 15) is 0 Å². The van der Waals surface area contributed by atoms with E-state index < -0.39 is 0 Å². The molecule has 5 heteroatoms. The van der Waals surface area contributed by atoms with Crippen LogP contribution >= 0.6 is 0 Å². The summed E-state index contributed by atoms with van der Waals surface area (Å²) in [4.78, 5) is 10.5. The second kappa shape index (κ2) is 7.87. The Bertz CT molecular complexity index is 357. The molecule has 0 saturated carbocycles. The molecule has 0 atom stereocenters. The third-order valence-electron chi connectivity index (χ3n) is 2.97. The number of hydrogen-bond donors (Lipinski definition) is 2. The van der Waals surface area contributed by atoms with Crippen molar-refractivity contribution in [2.24, 2.45) is 0 Å². The third kappa shape index (κ3) is 4.14. The Balaban J connectivity index is 2.66. The van der Waals surface area contributed by atoms with Crippen molar-refractivity contribution in [3.8, 4) is 0 Å². The minimum Gasteiger partial charge on any atom is -0.396 e. The van der Waals surface area contributed by atoms with Crippen LogP contribution in [0.25, 0.3) is 0 Å². The van der Waals surface area contributed by atoms with Gasteiger partial charge < -0.3 is 15.7 Å². The maximum absolute atomic E-state index is 8.75. The molecule has 1 rings (SSSR count). The minimum absolute atomic E-state index is 0.269. The van der Waals surface area contributed by atoms with Gasteiger partial charge in [-0.05, 0) is 25.7 Å². The molecule has 1 aromatic rings. The molecule has 5 nitrogen and oxygen atoms in total. The number of nitrogen functional groups attached to an aromatic ring is 1. The monoisotopic (exact) mass is 252 g/mol. The Morgan fingerprint density at radius 1 is 1.28 bits per heavy atom. The number of aliphatic hydroxyl groups is 1. The molecule has 0 aliphatic carbocycles. The van der Waals surface area contributed by atoms with Crippen LogP contribution in [-0.4, -0.2) is 35.3 Å². The fourth-order valence-corrected chi connectivity index (χ4v) is 1.98. The average molecular weight is 252 g/mol. The number of nitrogens with two attached hydrogens (primary N) is 1. The lowest BCUT2D eigenvalue weighted by molar-refractivity contribution is 0.283. The molecule has 0 radical (unpaired) electrons. The van der Waals surface area contributed by atoms with Crippen molar-refractivity contribution >= 4 is 11.6 Å². The lowest BCUT2D eigenvalue weighted by Crippen LogP contribution is -2.22. The van der Waals surface area contributed by atoms with E-state index in [1.807, 2.05) is 7.05 Å².